The van der Waals surface area contributed by atoms with E-state index >= 15 is 0 Å². The number of nitrogens with two attached hydrogens (primary N) is 1. The van der Waals surface area contributed by atoms with Crippen molar-refractivity contribution in [3.63, 3.8) is 0 Å². The number of allylic oxidation sites excluding steroid dienone is 3. The maximum absolute atomic E-state index is 12.6. The van der Waals surface area contributed by atoms with Crippen LogP contribution in [0.1, 0.15) is 309 Å². The quantitative estimate of drug-likeness (QED) is 0.0116. The first-order valence-corrected chi connectivity index (χ1v) is 38.6. The molecule has 2 heterocycles. The number of carbonyl (C=O) groups is 4. The molecule has 0 aromatic carbocycles. The molecule has 1 amide bonds. The van der Waals surface area contributed by atoms with Crippen molar-refractivity contribution in [3.8, 4) is 0 Å². The van der Waals surface area contributed by atoms with Crippen LogP contribution in [-0.4, -0.2) is 155 Å². The molecule has 5 atom stereocenters. The van der Waals surface area contributed by atoms with Gasteiger partial charge in [0, 0.05) is 25.7 Å². The van der Waals surface area contributed by atoms with Crippen LogP contribution in [0.15, 0.2) is 41.3 Å². The van der Waals surface area contributed by atoms with Gasteiger partial charge in [0.05, 0.1) is 18.4 Å². The Balaban J connectivity index is 1.90. The summed E-state index contributed by atoms with van der Waals surface area (Å²) in [7, 11) is 0. The van der Waals surface area contributed by atoms with Crippen LogP contribution in [0.4, 0.5) is 11.6 Å². The maximum atomic E-state index is 12.6. The zero-order chi connectivity index (χ0) is 69.7. The maximum Gasteiger partial charge on any atom is 0.306 e. The summed E-state index contributed by atoms with van der Waals surface area (Å²) in [4.78, 5) is 73.5. The first-order chi connectivity index (χ1) is 46.8. The van der Waals surface area contributed by atoms with E-state index in [4.69, 9.17) is 29.4 Å². The van der Waals surface area contributed by atoms with E-state index in [1.165, 1.54) is 103 Å². The van der Waals surface area contributed by atoms with Gasteiger partial charge in [-0.15, -0.1) is 0 Å². The highest BCUT2D eigenvalue weighted by molar-refractivity contribution is 5.91. The number of aryl methyl sites for hydroxylation is 1. The molecule has 554 valence electrons. The molecule has 1 fully saturated rings. The van der Waals surface area contributed by atoms with E-state index in [0.29, 0.717) is 57.6 Å². The molecular weight excluding hydrogens is 1220 g/mol. The van der Waals surface area contributed by atoms with Gasteiger partial charge in [-0.2, -0.15) is 0 Å². The summed E-state index contributed by atoms with van der Waals surface area (Å²) in [6.07, 6.45) is 51.0. The predicted octanol–water partition coefficient (Wildman–Crippen LogP) is 15.5. The molecule has 1 aliphatic rings. The molecule has 1 aromatic rings. The molecule has 1 aromatic heterocycles. The molecule has 96 heavy (non-hydrogen) atoms. The lowest BCUT2D eigenvalue weighted by Gasteiger charge is -2.26. The van der Waals surface area contributed by atoms with Gasteiger partial charge >= 0.3 is 17.9 Å². The summed E-state index contributed by atoms with van der Waals surface area (Å²) in [6, 6.07) is 0. The van der Waals surface area contributed by atoms with Crippen molar-refractivity contribution >= 4 is 35.5 Å². The zero-order valence-corrected chi connectivity index (χ0v) is 60.9. The van der Waals surface area contributed by atoms with E-state index in [-0.39, 0.29) is 49.0 Å². The lowest BCUT2D eigenvalue weighted by Crippen LogP contribution is -2.35. The smallest absolute Gasteiger partial charge is 0.306 e. The molecule has 1 saturated heterocycles. The average molecular weight is 1360 g/mol. The summed E-state index contributed by atoms with van der Waals surface area (Å²) in [5.41, 5.74) is 5.36. The van der Waals surface area contributed by atoms with Gasteiger partial charge in [-0.3, -0.25) is 29.0 Å². The normalized spacial score (nSPS) is 16.1. The second kappa shape index (κ2) is 61.6. The van der Waals surface area contributed by atoms with Crippen LogP contribution in [0.3, 0.4) is 0 Å². The van der Waals surface area contributed by atoms with Crippen molar-refractivity contribution in [1.29, 1.82) is 0 Å². The van der Waals surface area contributed by atoms with Gasteiger partial charge in [0.15, 0.2) is 6.29 Å². The number of aliphatic hydroxyl groups is 3. The van der Waals surface area contributed by atoms with Crippen LogP contribution >= 0.6 is 0 Å². The second-order valence-electron chi connectivity index (χ2n) is 26.8. The molecule has 7 N–H and O–H groups in total. The number of anilines is 2. The SMILES string of the molecule is CCCCCC/C=C/COC(=O)CCCCCCCCN(CCCCCCCCC(=O)OC/C=C/CCCCCC)CCCN(CCCCCCCCC(=O)OC/C=C/CCCCCC)CCCCCC(O)OC[C@@H]1O[C@H](CCCC(=O)Nc2c(C)nc(N)[nH]c2=O)C(O)C1O. The lowest BCUT2D eigenvalue weighted by molar-refractivity contribution is -0.143. The highest BCUT2D eigenvalue weighted by Gasteiger charge is 2.42. The number of carbonyl (C=O) groups excluding carboxylic acids is 4. The first-order valence-electron chi connectivity index (χ1n) is 38.6. The molecular formula is C77H138N6O13. The number of amides is 1. The van der Waals surface area contributed by atoms with Crippen LogP contribution < -0.4 is 16.6 Å². The number of aliphatic hydroxyl groups excluding tert-OH is 3. The van der Waals surface area contributed by atoms with Gasteiger partial charge in [-0.1, -0.05) is 198 Å². The van der Waals surface area contributed by atoms with Crippen molar-refractivity contribution in [2.75, 3.05) is 76.7 Å². The van der Waals surface area contributed by atoms with E-state index in [0.717, 1.165) is 174 Å². The monoisotopic (exact) mass is 1360 g/mol. The summed E-state index contributed by atoms with van der Waals surface area (Å²) in [5, 5.41) is 34.9. The van der Waals surface area contributed by atoms with E-state index < -0.39 is 42.2 Å². The number of rotatable bonds is 66. The van der Waals surface area contributed by atoms with Gasteiger partial charge < -0.3 is 59.9 Å². The fourth-order valence-corrected chi connectivity index (χ4v) is 12.1. The van der Waals surface area contributed by atoms with E-state index in [1.807, 2.05) is 18.2 Å². The first kappa shape index (κ1) is 87.6. The number of esters is 3. The van der Waals surface area contributed by atoms with Crippen LogP contribution in [-0.2, 0) is 42.9 Å². The fraction of sp³-hybridized carbons (Fsp3) is 0.818. The number of H-pyrrole nitrogens is 1. The molecule has 2 rings (SSSR count). The molecule has 19 heteroatoms. The van der Waals surface area contributed by atoms with Gasteiger partial charge in [-0.05, 0) is 162 Å². The largest absolute Gasteiger partial charge is 0.461 e. The van der Waals surface area contributed by atoms with E-state index in [2.05, 4.69) is 64.1 Å². The highest BCUT2D eigenvalue weighted by Crippen LogP contribution is 2.26. The number of aromatic nitrogens is 2. The Hall–Kier alpha value is -4.50. The standard InChI is InChI=1S/C77H138N6O13/c1-5-8-11-14-23-32-44-61-92-69(85)51-36-26-17-20-29-40-55-82(56-41-30-21-18-27-37-52-70(86)93-62-45-33-24-15-12-9-6-2)59-48-60-83(57-42-31-22-19-28-38-53-71(87)94-63-46-34-25-16-13-10-7-3)58-43-35-39-54-72(88)95-64-67-75(90)74(89)66(96-67)49-47-50-68(84)80-73-65(4)79-77(78)81-76(73)91/h32-34,44-46,66-67,72,74-75,88-90H,5-31,35-43,47-64H2,1-4H3,(H,80,84)(H3,78,79,81,91)/b44-32+,45-33+,46-34+/t66-,67+,72?,74?,75?/m1/s1. The minimum Gasteiger partial charge on any atom is -0.461 e. The van der Waals surface area contributed by atoms with Gasteiger partial charge in [-0.25, -0.2) is 4.98 Å². The minimum absolute atomic E-state index is 0.0277. The van der Waals surface area contributed by atoms with E-state index in [9.17, 15) is 39.3 Å². The number of unbranched alkanes of at least 4 members (excludes halogenated alkanes) is 29. The number of nitrogens with one attached hydrogen (secondary N) is 2. The molecule has 0 spiro atoms. The van der Waals surface area contributed by atoms with E-state index in [1.54, 1.807) is 6.92 Å². The van der Waals surface area contributed by atoms with Crippen LogP contribution in [0, 0.1) is 6.92 Å². The second-order valence-corrected chi connectivity index (χ2v) is 26.8. The van der Waals surface area contributed by atoms with Crippen molar-refractivity contribution < 1.29 is 58.2 Å². The summed E-state index contributed by atoms with van der Waals surface area (Å²) in [5.74, 6) is -0.756. The summed E-state index contributed by atoms with van der Waals surface area (Å²) >= 11 is 0. The zero-order valence-electron chi connectivity index (χ0n) is 60.9. The van der Waals surface area contributed by atoms with Crippen LogP contribution in [0.5, 0.6) is 0 Å². The molecule has 19 nitrogen and oxygen atoms in total. The molecule has 0 aliphatic carbocycles. The molecule has 0 bridgehead atoms. The summed E-state index contributed by atoms with van der Waals surface area (Å²) in [6.45, 7) is 15.5. The Bertz CT molecular complexity index is 2180. The molecule has 3 unspecified atom stereocenters. The number of hydrogen-bond acceptors (Lipinski definition) is 17. The predicted molar refractivity (Wildman–Crippen MR) is 389 cm³/mol. The Morgan fingerprint density at radius 2 is 0.885 bits per heavy atom. The van der Waals surface area contributed by atoms with Crippen molar-refractivity contribution in [1.82, 2.24) is 19.8 Å². The Kier molecular flexibility index (Phi) is 56.2. The third-order valence-electron chi connectivity index (χ3n) is 18.1. The number of nitrogens with zero attached hydrogens (tertiary/aromatic N) is 3. The van der Waals surface area contributed by atoms with Crippen molar-refractivity contribution in [2.24, 2.45) is 0 Å². The lowest BCUT2D eigenvalue weighted by atomic mass is 10.0. The van der Waals surface area contributed by atoms with Crippen LogP contribution in [0.25, 0.3) is 0 Å². The molecule has 0 saturated carbocycles. The van der Waals surface area contributed by atoms with Gasteiger partial charge in [0.1, 0.15) is 43.8 Å². The Labute approximate surface area is 581 Å². The molecule has 1 aliphatic heterocycles. The third kappa shape index (κ3) is 49.1. The fourth-order valence-electron chi connectivity index (χ4n) is 12.1. The molecule has 0 radical (unpaired) electrons. The Morgan fingerprint density at radius 3 is 1.30 bits per heavy atom. The number of hydrogen-bond donors (Lipinski definition) is 6. The average Bonchev–Trinajstić information content (AvgIpc) is 1.20. The highest BCUT2D eigenvalue weighted by atomic mass is 16.6. The van der Waals surface area contributed by atoms with Crippen LogP contribution in [0.2, 0.25) is 0 Å². The number of ether oxygens (including phenoxy) is 5. The third-order valence-corrected chi connectivity index (χ3v) is 18.1. The van der Waals surface area contributed by atoms with Gasteiger partial charge in [0.2, 0.25) is 11.9 Å². The van der Waals surface area contributed by atoms with Crippen molar-refractivity contribution in [2.45, 2.75) is 341 Å². The Morgan fingerprint density at radius 1 is 0.510 bits per heavy atom. The van der Waals surface area contributed by atoms with Gasteiger partial charge in [0.25, 0.3) is 5.56 Å². The summed E-state index contributed by atoms with van der Waals surface area (Å²) < 4.78 is 28.0. The van der Waals surface area contributed by atoms with Crippen molar-refractivity contribution in [3.05, 3.63) is 52.5 Å². The number of aromatic amines is 1. The topological polar surface area (TPSA) is 265 Å². The number of nitrogen functional groups attached to an aromatic ring is 1. The minimum atomic E-state index is -1.21.